The summed E-state index contributed by atoms with van der Waals surface area (Å²) in [6, 6.07) is 2.13. The summed E-state index contributed by atoms with van der Waals surface area (Å²) in [4.78, 5) is 6.66. The van der Waals surface area contributed by atoms with E-state index >= 15 is 0 Å². The predicted octanol–water partition coefficient (Wildman–Crippen LogP) is 3.06. The average Bonchev–Trinajstić information content (AvgIpc) is 3.01. The standard InChI is InChI=1S/C16H27N3/c1-12-8-13(12)11-19(5)15-6-7-17-9-14(15)10-18-16(2,3)4/h6-7,9,12-13,18H,8,10-11H2,1-5H3. The number of pyridine rings is 1. The third-order valence-electron chi connectivity index (χ3n) is 3.88. The van der Waals surface area contributed by atoms with Crippen molar-refractivity contribution < 1.29 is 0 Å². The van der Waals surface area contributed by atoms with Crippen molar-refractivity contribution in [3.05, 3.63) is 24.0 Å². The fourth-order valence-corrected chi connectivity index (χ4v) is 2.39. The Hall–Kier alpha value is -1.09. The first kappa shape index (κ1) is 14.3. The van der Waals surface area contributed by atoms with Gasteiger partial charge in [-0.05, 0) is 45.1 Å². The summed E-state index contributed by atoms with van der Waals surface area (Å²) >= 11 is 0. The van der Waals surface area contributed by atoms with Gasteiger partial charge in [0.25, 0.3) is 0 Å². The van der Waals surface area contributed by atoms with E-state index in [0.29, 0.717) is 0 Å². The summed E-state index contributed by atoms with van der Waals surface area (Å²) in [5.74, 6) is 1.78. The monoisotopic (exact) mass is 261 g/mol. The van der Waals surface area contributed by atoms with Crippen molar-refractivity contribution in [2.45, 2.75) is 46.2 Å². The molecule has 0 spiro atoms. The van der Waals surface area contributed by atoms with E-state index in [4.69, 9.17) is 0 Å². The molecule has 0 amide bonds. The molecule has 2 atom stereocenters. The second-order valence-electron chi connectivity index (χ2n) is 6.96. The molecule has 0 saturated heterocycles. The quantitative estimate of drug-likeness (QED) is 0.883. The summed E-state index contributed by atoms with van der Waals surface area (Å²) in [5, 5.41) is 3.54. The first-order chi connectivity index (χ1) is 8.87. The highest BCUT2D eigenvalue weighted by atomic mass is 15.1. The summed E-state index contributed by atoms with van der Waals surface area (Å²) in [6.07, 6.45) is 5.26. The Morgan fingerprint density at radius 1 is 1.42 bits per heavy atom. The van der Waals surface area contributed by atoms with E-state index in [1.54, 1.807) is 0 Å². The van der Waals surface area contributed by atoms with Crippen LogP contribution in [0.5, 0.6) is 0 Å². The van der Waals surface area contributed by atoms with E-state index in [2.05, 4.69) is 56.0 Å². The summed E-state index contributed by atoms with van der Waals surface area (Å²) in [5.41, 5.74) is 2.73. The lowest BCUT2D eigenvalue weighted by Crippen LogP contribution is -2.35. The normalized spacial score (nSPS) is 22.4. The van der Waals surface area contributed by atoms with Crippen LogP contribution < -0.4 is 10.2 Å². The molecule has 1 aliphatic carbocycles. The van der Waals surface area contributed by atoms with Crippen molar-refractivity contribution in [2.75, 3.05) is 18.5 Å². The number of anilines is 1. The molecule has 2 rings (SSSR count). The number of nitrogens with one attached hydrogen (secondary N) is 1. The van der Waals surface area contributed by atoms with Crippen LogP contribution in [0.2, 0.25) is 0 Å². The van der Waals surface area contributed by atoms with Gasteiger partial charge in [-0.1, -0.05) is 6.92 Å². The van der Waals surface area contributed by atoms with Crippen LogP contribution in [0, 0.1) is 11.8 Å². The number of hydrogen-bond donors (Lipinski definition) is 1. The molecule has 19 heavy (non-hydrogen) atoms. The molecular weight excluding hydrogens is 234 g/mol. The van der Waals surface area contributed by atoms with Crippen molar-refractivity contribution in [3.63, 3.8) is 0 Å². The molecule has 0 aromatic carbocycles. The maximum atomic E-state index is 4.27. The van der Waals surface area contributed by atoms with E-state index in [9.17, 15) is 0 Å². The molecule has 1 aromatic heterocycles. The second-order valence-corrected chi connectivity index (χ2v) is 6.96. The molecule has 1 N–H and O–H groups in total. The van der Waals surface area contributed by atoms with Crippen molar-refractivity contribution >= 4 is 5.69 Å². The van der Waals surface area contributed by atoms with Gasteiger partial charge in [0.2, 0.25) is 0 Å². The van der Waals surface area contributed by atoms with Gasteiger partial charge < -0.3 is 10.2 Å². The van der Waals surface area contributed by atoms with Gasteiger partial charge in [0.05, 0.1) is 0 Å². The summed E-state index contributed by atoms with van der Waals surface area (Å²) in [7, 11) is 2.20. The predicted molar refractivity (Wildman–Crippen MR) is 81.4 cm³/mol. The summed E-state index contributed by atoms with van der Waals surface area (Å²) in [6.45, 7) is 11.0. The molecule has 2 unspecified atom stereocenters. The SMILES string of the molecule is CC1CC1CN(C)c1ccncc1CNC(C)(C)C. The fourth-order valence-electron chi connectivity index (χ4n) is 2.39. The molecule has 3 heteroatoms. The smallest absolute Gasteiger partial charge is 0.0440 e. The van der Waals surface area contributed by atoms with E-state index in [0.717, 1.165) is 24.9 Å². The number of aromatic nitrogens is 1. The van der Waals surface area contributed by atoms with Crippen LogP contribution in [0.4, 0.5) is 5.69 Å². The Morgan fingerprint density at radius 2 is 2.11 bits per heavy atom. The average molecular weight is 261 g/mol. The van der Waals surface area contributed by atoms with Crippen molar-refractivity contribution in [1.82, 2.24) is 10.3 Å². The van der Waals surface area contributed by atoms with Crippen molar-refractivity contribution in [1.29, 1.82) is 0 Å². The van der Waals surface area contributed by atoms with Crippen LogP contribution >= 0.6 is 0 Å². The minimum Gasteiger partial charge on any atom is -0.374 e. The fraction of sp³-hybridized carbons (Fsp3) is 0.688. The summed E-state index contributed by atoms with van der Waals surface area (Å²) < 4.78 is 0. The Labute approximate surface area is 117 Å². The van der Waals surface area contributed by atoms with Gasteiger partial charge in [0.1, 0.15) is 0 Å². The molecule has 1 fully saturated rings. The minimum absolute atomic E-state index is 0.136. The number of nitrogens with zero attached hydrogens (tertiary/aromatic N) is 2. The van der Waals surface area contributed by atoms with Gasteiger partial charge >= 0.3 is 0 Å². The third-order valence-corrected chi connectivity index (χ3v) is 3.88. The molecule has 3 nitrogen and oxygen atoms in total. The van der Waals surface area contributed by atoms with Gasteiger partial charge in [0.15, 0.2) is 0 Å². The molecule has 1 saturated carbocycles. The first-order valence-electron chi connectivity index (χ1n) is 7.26. The lowest BCUT2D eigenvalue weighted by Gasteiger charge is -2.25. The van der Waals surface area contributed by atoms with Crippen LogP contribution in [0.15, 0.2) is 18.5 Å². The molecule has 0 aliphatic heterocycles. The Balaban J connectivity index is 2.02. The van der Waals surface area contributed by atoms with Crippen LogP contribution in [-0.4, -0.2) is 24.1 Å². The Bertz CT molecular complexity index is 422. The molecule has 0 bridgehead atoms. The van der Waals surface area contributed by atoms with E-state index in [-0.39, 0.29) is 5.54 Å². The highest BCUT2D eigenvalue weighted by molar-refractivity contribution is 5.51. The van der Waals surface area contributed by atoms with Crippen LogP contribution in [0.25, 0.3) is 0 Å². The zero-order valence-corrected chi connectivity index (χ0v) is 12.9. The van der Waals surface area contributed by atoms with Crippen LogP contribution in [-0.2, 0) is 6.54 Å². The molecule has 106 valence electrons. The van der Waals surface area contributed by atoms with Crippen LogP contribution in [0.1, 0.15) is 39.7 Å². The van der Waals surface area contributed by atoms with E-state index in [1.807, 2.05) is 12.4 Å². The second kappa shape index (κ2) is 5.49. The van der Waals surface area contributed by atoms with Gasteiger partial charge in [-0.3, -0.25) is 4.98 Å². The highest BCUT2D eigenvalue weighted by Gasteiger charge is 2.33. The minimum atomic E-state index is 0.136. The first-order valence-corrected chi connectivity index (χ1v) is 7.26. The van der Waals surface area contributed by atoms with Gasteiger partial charge in [-0.2, -0.15) is 0 Å². The Kier molecular flexibility index (Phi) is 4.14. The van der Waals surface area contributed by atoms with Crippen LogP contribution in [0.3, 0.4) is 0 Å². The topological polar surface area (TPSA) is 28.2 Å². The van der Waals surface area contributed by atoms with Gasteiger partial charge in [-0.25, -0.2) is 0 Å². The Morgan fingerprint density at radius 3 is 2.68 bits per heavy atom. The zero-order chi connectivity index (χ0) is 14.0. The molecular formula is C16H27N3. The maximum absolute atomic E-state index is 4.27. The maximum Gasteiger partial charge on any atom is 0.0440 e. The van der Waals surface area contributed by atoms with Gasteiger partial charge in [0, 0.05) is 49.3 Å². The largest absolute Gasteiger partial charge is 0.374 e. The zero-order valence-electron chi connectivity index (χ0n) is 12.9. The van der Waals surface area contributed by atoms with E-state index in [1.165, 1.54) is 17.7 Å². The molecule has 1 aromatic rings. The third kappa shape index (κ3) is 4.20. The van der Waals surface area contributed by atoms with Crippen molar-refractivity contribution in [3.8, 4) is 0 Å². The lowest BCUT2D eigenvalue weighted by molar-refractivity contribution is 0.424. The molecule has 1 heterocycles. The highest BCUT2D eigenvalue weighted by Crippen LogP contribution is 2.38. The molecule has 0 radical (unpaired) electrons. The van der Waals surface area contributed by atoms with Crippen molar-refractivity contribution in [2.24, 2.45) is 11.8 Å². The lowest BCUT2D eigenvalue weighted by atomic mass is 10.1. The van der Waals surface area contributed by atoms with Gasteiger partial charge in [-0.15, -0.1) is 0 Å². The van der Waals surface area contributed by atoms with E-state index < -0.39 is 0 Å². The molecule has 1 aliphatic rings. The number of hydrogen-bond acceptors (Lipinski definition) is 3. The number of rotatable bonds is 5.